The fraction of sp³-hybridized carbons (Fsp3) is 0.500. The Hall–Kier alpha value is -1.40. The van der Waals surface area contributed by atoms with Gasteiger partial charge in [0.1, 0.15) is 5.60 Å². The topological polar surface area (TPSA) is 78.4 Å². The molecule has 0 aliphatic rings. The third-order valence-electron chi connectivity index (χ3n) is 2.45. The molecule has 1 aromatic heterocycles. The fourth-order valence-electron chi connectivity index (χ4n) is 1.31. The SMILES string of the molecule is CCC(=O)NCC(=O)NCC(C)(O)c1cccs1. The van der Waals surface area contributed by atoms with Gasteiger partial charge in [-0.25, -0.2) is 0 Å². The molecular weight excluding hydrogens is 252 g/mol. The van der Waals surface area contributed by atoms with Crippen molar-refractivity contribution >= 4 is 23.2 Å². The maximum Gasteiger partial charge on any atom is 0.239 e. The highest BCUT2D eigenvalue weighted by Gasteiger charge is 2.24. The van der Waals surface area contributed by atoms with Crippen LogP contribution in [0.1, 0.15) is 25.1 Å². The number of carbonyl (C=O) groups excluding carboxylic acids is 2. The van der Waals surface area contributed by atoms with Crippen molar-refractivity contribution in [3.63, 3.8) is 0 Å². The van der Waals surface area contributed by atoms with Crippen LogP contribution < -0.4 is 10.6 Å². The Morgan fingerprint density at radius 1 is 1.39 bits per heavy atom. The third-order valence-corrected chi connectivity index (χ3v) is 3.57. The Morgan fingerprint density at radius 2 is 2.11 bits per heavy atom. The molecule has 5 nitrogen and oxygen atoms in total. The monoisotopic (exact) mass is 270 g/mol. The summed E-state index contributed by atoms with van der Waals surface area (Å²) in [5, 5.41) is 17.1. The summed E-state index contributed by atoms with van der Waals surface area (Å²) in [6, 6.07) is 3.66. The predicted molar refractivity (Wildman–Crippen MR) is 70.2 cm³/mol. The molecule has 0 aromatic carbocycles. The molecule has 0 saturated heterocycles. The Kier molecular flexibility index (Phi) is 5.30. The van der Waals surface area contributed by atoms with E-state index >= 15 is 0 Å². The summed E-state index contributed by atoms with van der Waals surface area (Å²) in [6.07, 6.45) is 0.347. The average molecular weight is 270 g/mol. The molecule has 1 rings (SSSR count). The van der Waals surface area contributed by atoms with Crippen LogP contribution in [0.3, 0.4) is 0 Å². The van der Waals surface area contributed by atoms with Crippen molar-refractivity contribution < 1.29 is 14.7 Å². The molecule has 100 valence electrons. The van der Waals surface area contributed by atoms with Gasteiger partial charge in [-0.1, -0.05) is 13.0 Å². The van der Waals surface area contributed by atoms with Gasteiger partial charge in [0.15, 0.2) is 0 Å². The van der Waals surface area contributed by atoms with Crippen molar-refractivity contribution in [2.45, 2.75) is 25.9 Å². The van der Waals surface area contributed by atoms with Crippen LogP contribution in [0.4, 0.5) is 0 Å². The number of thiophene rings is 1. The minimum absolute atomic E-state index is 0.0623. The second kappa shape index (κ2) is 6.51. The summed E-state index contributed by atoms with van der Waals surface area (Å²) in [5.41, 5.74) is -1.08. The van der Waals surface area contributed by atoms with Gasteiger partial charge >= 0.3 is 0 Å². The molecule has 2 amide bonds. The van der Waals surface area contributed by atoms with E-state index in [1.165, 1.54) is 11.3 Å². The predicted octanol–water partition coefficient (Wildman–Crippen LogP) is 0.598. The minimum Gasteiger partial charge on any atom is -0.383 e. The lowest BCUT2D eigenvalue weighted by atomic mass is 10.1. The van der Waals surface area contributed by atoms with E-state index in [0.29, 0.717) is 6.42 Å². The van der Waals surface area contributed by atoms with Gasteiger partial charge < -0.3 is 15.7 Å². The van der Waals surface area contributed by atoms with Crippen LogP contribution in [0.15, 0.2) is 17.5 Å². The molecule has 0 aliphatic heterocycles. The lowest BCUT2D eigenvalue weighted by Gasteiger charge is -2.22. The van der Waals surface area contributed by atoms with E-state index in [2.05, 4.69) is 10.6 Å². The highest BCUT2D eigenvalue weighted by atomic mass is 32.1. The van der Waals surface area contributed by atoms with Crippen LogP contribution in [0.2, 0.25) is 0 Å². The largest absolute Gasteiger partial charge is 0.383 e. The molecule has 0 bridgehead atoms. The van der Waals surface area contributed by atoms with Crippen LogP contribution in [0.5, 0.6) is 0 Å². The average Bonchev–Trinajstić information content (AvgIpc) is 2.88. The van der Waals surface area contributed by atoms with Gasteiger partial charge in [-0.15, -0.1) is 11.3 Å². The number of hydrogen-bond donors (Lipinski definition) is 3. The van der Waals surface area contributed by atoms with Crippen molar-refractivity contribution in [2.75, 3.05) is 13.1 Å². The maximum absolute atomic E-state index is 11.4. The van der Waals surface area contributed by atoms with E-state index in [4.69, 9.17) is 0 Å². The maximum atomic E-state index is 11.4. The van der Waals surface area contributed by atoms with Crippen molar-refractivity contribution in [3.8, 4) is 0 Å². The fourth-order valence-corrected chi connectivity index (χ4v) is 2.10. The van der Waals surface area contributed by atoms with Crippen LogP contribution in [-0.2, 0) is 15.2 Å². The number of aliphatic hydroxyl groups is 1. The summed E-state index contributed by atoms with van der Waals surface area (Å²) < 4.78 is 0. The second-order valence-electron chi connectivity index (χ2n) is 4.16. The molecule has 6 heteroatoms. The zero-order chi connectivity index (χ0) is 13.6. The van der Waals surface area contributed by atoms with Crippen LogP contribution in [0, 0.1) is 0 Å². The molecular formula is C12H18N2O3S. The van der Waals surface area contributed by atoms with Crippen LogP contribution >= 0.6 is 11.3 Å². The van der Waals surface area contributed by atoms with Gasteiger partial charge in [0, 0.05) is 11.3 Å². The first-order valence-electron chi connectivity index (χ1n) is 5.75. The first-order valence-corrected chi connectivity index (χ1v) is 6.63. The first kappa shape index (κ1) is 14.7. The van der Waals surface area contributed by atoms with E-state index in [1.54, 1.807) is 13.8 Å². The second-order valence-corrected chi connectivity index (χ2v) is 5.11. The molecule has 1 atom stereocenters. The summed E-state index contributed by atoms with van der Waals surface area (Å²) in [6.45, 7) is 3.42. The molecule has 3 N–H and O–H groups in total. The van der Waals surface area contributed by atoms with Gasteiger partial charge in [-0.05, 0) is 18.4 Å². The summed E-state index contributed by atoms with van der Waals surface area (Å²) >= 11 is 1.43. The first-order chi connectivity index (χ1) is 8.45. The number of amides is 2. The Morgan fingerprint density at radius 3 is 2.67 bits per heavy atom. The van der Waals surface area contributed by atoms with Crippen molar-refractivity contribution in [1.29, 1.82) is 0 Å². The van der Waals surface area contributed by atoms with E-state index < -0.39 is 5.60 Å². The van der Waals surface area contributed by atoms with Gasteiger partial charge in [0.05, 0.1) is 13.1 Å². The molecule has 1 aromatic rings. The number of carbonyl (C=O) groups is 2. The molecule has 0 aliphatic carbocycles. The van der Waals surface area contributed by atoms with E-state index in [9.17, 15) is 14.7 Å². The Bertz CT molecular complexity index is 401. The smallest absolute Gasteiger partial charge is 0.239 e. The highest BCUT2D eigenvalue weighted by molar-refractivity contribution is 7.10. The van der Waals surface area contributed by atoms with E-state index in [0.717, 1.165) is 4.88 Å². The van der Waals surface area contributed by atoms with E-state index in [-0.39, 0.29) is 24.9 Å². The van der Waals surface area contributed by atoms with Gasteiger partial charge in [-0.2, -0.15) is 0 Å². The third kappa shape index (κ3) is 4.46. The number of rotatable bonds is 6. The summed E-state index contributed by atoms with van der Waals surface area (Å²) in [7, 11) is 0. The Balaban J connectivity index is 2.36. The highest BCUT2D eigenvalue weighted by Crippen LogP contribution is 2.24. The standard InChI is InChI=1S/C12H18N2O3S/c1-3-10(15)13-7-11(16)14-8-12(2,17)9-5-4-6-18-9/h4-6,17H,3,7-8H2,1-2H3,(H,13,15)(H,14,16). The molecule has 1 unspecified atom stereocenters. The summed E-state index contributed by atoms with van der Waals surface area (Å²) in [5.74, 6) is -0.483. The zero-order valence-corrected chi connectivity index (χ0v) is 11.3. The van der Waals surface area contributed by atoms with Gasteiger partial charge in [0.2, 0.25) is 11.8 Å². The normalized spacial score (nSPS) is 13.7. The molecule has 1 heterocycles. The molecule has 18 heavy (non-hydrogen) atoms. The van der Waals surface area contributed by atoms with Gasteiger partial charge in [-0.3, -0.25) is 9.59 Å². The molecule has 0 fully saturated rings. The lowest BCUT2D eigenvalue weighted by molar-refractivity contribution is -0.126. The zero-order valence-electron chi connectivity index (χ0n) is 10.5. The van der Waals surface area contributed by atoms with Crippen molar-refractivity contribution in [1.82, 2.24) is 10.6 Å². The minimum atomic E-state index is -1.08. The van der Waals surface area contributed by atoms with Crippen LogP contribution in [-0.4, -0.2) is 30.0 Å². The Labute approximate surface area is 110 Å². The van der Waals surface area contributed by atoms with Crippen LogP contribution in [0.25, 0.3) is 0 Å². The quantitative estimate of drug-likeness (QED) is 0.708. The van der Waals surface area contributed by atoms with E-state index in [1.807, 2.05) is 17.5 Å². The molecule has 0 spiro atoms. The van der Waals surface area contributed by atoms with Gasteiger partial charge in [0.25, 0.3) is 0 Å². The van der Waals surface area contributed by atoms with Crippen molar-refractivity contribution in [3.05, 3.63) is 22.4 Å². The summed E-state index contributed by atoms with van der Waals surface area (Å²) in [4.78, 5) is 23.2. The number of hydrogen-bond acceptors (Lipinski definition) is 4. The molecule has 0 radical (unpaired) electrons. The lowest BCUT2D eigenvalue weighted by Crippen LogP contribution is -2.42. The number of nitrogens with one attached hydrogen (secondary N) is 2. The van der Waals surface area contributed by atoms with Crippen molar-refractivity contribution in [2.24, 2.45) is 0 Å². The molecule has 0 saturated carbocycles.